The maximum absolute atomic E-state index is 10.7. The minimum Gasteiger partial charge on any atom is 0 e. The van der Waals surface area contributed by atoms with Crippen molar-refractivity contribution in [2.45, 2.75) is 0 Å². The Morgan fingerprint density at radius 1 is 1.71 bits per heavy atom. The molecule has 0 aromatic carbocycles. The monoisotopic (exact) mass is 492 g/mol. The number of halogens is 2. The summed E-state index contributed by atoms with van der Waals surface area (Å²) in [7, 11) is 3.02. The van der Waals surface area contributed by atoms with Crippen LogP contribution < -0.4 is 5.32 Å². The van der Waals surface area contributed by atoms with Crippen molar-refractivity contribution in [2.24, 2.45) is 7.05 Å². The van der Waals surface area contributed by atoms with Gasteiger partial charge in [0, 0.05) is 69.9 Å². The third-order valence-electron chi connectivity index (χ3n) is 1.10. The predicted octanol–water partition coefficient (Wildman–Crippen LogP) is 0.850. The van der Waals surface area contributed by atoms with Crippen molar-refractivity contribution < 1.29 is 37.5 Å². The van der Waals surface area contributed by atoms with Crippen molar-refractivity contribution in [1.29, 1.82) is 0 Å². The van der Waals surface area contributed by atoms with Gasteiger partial charge in [-0.1, -0.05) is 0 Å². The largest absolute Gasteiger partial charge is 0 e. The van der Waals surface area contributed by atoms with Crippen LogP contribution in [0.4, 0.5) is 5.95 Å². The molecule has 0 bridgehead atoms. The van der Waals surface area contributed by atoms with E-state index in [9.17, 15) is 4.79 Å². The second kappa shape index (κ2) is 10.6. The summed E-state index contributed by atoms with van der Waals surface area (Å²) in [5.41, 5.74) is 0. The fourth-order valence-corrected chi connectivity index (χ4v) is 0.555. The fourth-order valence-electron chi connectivity index (χ4n) is 0.555. The zero-order valence-electron chi connectivity index (χ0n) is 7.37. The Kier molecular flexibility index (Phi) is 13.3. The van der Waals surface area contributed by atoms with E-state index in [0.717, 1.165) is 0 Å². The van der Waals surface area contributed by atoms with E-state index < -0.39 is 5.91 Å². The van der Waals surface area contributed by atoms with Gasteiger partial charge in [-0.15, -0.1) is 0 Å². The topological polar surface area (TPSA) is 59.8 Å². The average molecular weight is 492 g/mol. The molecular formula is C5H6BI2N4OY-. The quantitative estimate of drug-likeness (QED) is 0.379. The zero-order valence-corrected chi connectivity index (χ0v) is 14.5. The molecular weight excluding hydrogens is 486 g/mol. The number of nitrogens with one attached hydrogen (secondary N) is 1. The minimum atomic E-state index is -0.416. The molecule has 0 spiro atoms. The maximum atomic E-state index is 10.7. The number of aryl methyl sites for hydroxylation is 1. The van der Waals surface area contributed by atoms with Gasteiger partial charge in [-0.2, -0.15) is 0 Å². The molecule has 0 fully saturated rings. The van der Waals surface area contributed by atoms with E-state index in [0.29, 0.717) is 5.95 Å². The molecule has 1 radical (unpaired) electrons. The average Bonchev–Trinajstić information content (AvgIpc) is 2.55. The van der Waals surface area contributed by atoms with E-state index in [1.54, 1.807) is 7.05 Å². The molecule has 0 saturated carbocycles. The summed E-state index contributed by atoms with van der Waals surface area (Å²) in [6.07, 6.45) is 2.15. The number of hydrogen-bond donors (Lipinski definition) is 1. The summed E-state index contributed by atoms with van der Waals surface area (Å²) in [5, 5.41) is 6.16. The Morgan fingerprint density at radius 3 is 2.64 bits per heavy atom. The molecule has 73 valence electrons. The van der Waals surface area contributed by atoms with E-state index in [1.807, 2.05) is 0 Å². The molecule has 0 aliphatic rings. The molecule has 0 saturated heterocycles. The summed E-state index contributed by atoms with van der Waals surface area (Å²) in [4.78, 5) is 14.4. The van der Waals surface area contributed by atoms with Gasteiger partial charge in [0.15, 0.2) is 0 Å². The number of carbonyl (C=O) groups excluding carboxylic acids is 1. The third kappa shape index (κ3) is 6.57. The van der Waals surface area contributed by atoms with Crippen molar-refractivity contribution in [3.05, 3.63) is 12.7 Å². The smallest absolute Gasteiger partial charge is 0 e. The predicted molar refractivity (Wildman–Crippen MR) is 67.9 cm³/mol. The zero-order chi connectivity index (χ0) is 10.3. The van der Waals surface area contributed by atoms with Crippen LogP contribution in [-0.2, 0) is 44.6 Å². The summed E-state index contributed by atoms with van der Waals surface area (Å²) in [6.45, 7) is 3.18. The molecule has 1 N–H and O–H groups in total. The first kappa shape index (κ1) is 17.5. The Balaban J connectivity index is 0. The molecule has 1 amide bonds. The number of hydrogen-bond acceptors (Lipinski definition) is 3. The first-order chi connectivity index (χ1) is 6.24. The molecule has 1 rings (SSSR count). The van der Waals surface area contributed by atoms with Crippen molar-refractivity contribution in [3.63, 3.8) is 0 Å². The number of amides is 1. The minimum absolute atomic E-state index is 0. The van der Waals surface area contributed by atoms with E-state index in [-0.39, 0.29) is 32.7 Å². The number of anilines is 1. The van der Waals surface area contributed by atoms with E-state index in [4.69, 9.17) is 0 Å². The molecule has 5 nitrogen and oxygen atoms in total. The SMILES string of the molecule is C=[C-]C(=O)Nc1nbnn1C.II.[Y]. The number of carbonyl (C=O) groups is 1. The number of rotatable bonds is 2. The first-order valence-electron chi connectivity index (χ1n) is 3.06. The second-order valence-electron chi connectivity index (χ2n) is 1.84. The van der Waals surface area contributed by atoms with Crippen LogP contribution >= 0.6 is 37.2 Å². The van der Waals surface area contributed by atoms with Gasteiger partial charge in [0.1, 0.15) is 0 Å². The van der Waals surface area contributed by atoms with Crippen LogP contribution in [0.5, 0.6) is 0 Å². The third-order valence-corrected chi connectivity index (χ3v) is 1.10. The molecule has 0 atom stereocenters. The molecule has 0 aliphatic carbocycles. The van der Waals surface area contributed by atoms with Gasteiger partial charge in [-0.25, -0.2) is 0 Å². The molecule has 0 unspecified atom stereocenters. The second-order valence-corrected chi connectivity index (χ2v) is 1.84. The molecule has 0 aliphatic heterocycles. The number of nitrogens with zero attached hydrogens (tertiary/aromatic N) is 3. The maximum Gasteiger partial charge on any atom is 0 e. The normalized spacial score (nSPS) is 7.36. The van der Waals surface area contributed by atoms with Crippen molar-refractivity contribution in [1.82, 2.24) is 14.6 Å². The van der Waals surface area contributed by atoms with Crippen LogP contribution in [0.3, 0.4) is 0 Å². The van der Waals surface area contributed by atoms with Gasteiger partial charge < -0.3 is 0 Å². The van der Waals surface area contributed by atoms with Crippen LogP contribution in [0, 0.1) is 6.08 Å². The van der Waals surface area contributed by atoms with Crippen LogP contribution in [0.25, 0.3) is 0 Å². The molecule has 1 heterocycles. The summed E-state index contributed by atoms with van der Waals surface area (Å²) in [6, 6.07) is 0. The summed E-state index contributed by atoms with van der Waals surface area (Å²) >= 11 is 4.24. The molecule has 1 aromatic heterocycles. The standard InChI is InChI=1S/C5H6BN4O.I2.Y/c1-3-4(11)7-5-8-6-9-10(5)2;1-2;/h1H2,2H3,(H,7,8,11);;/q-1;;. The Labute approximate surface area is 131 Å². The molecule has 9 heteroatoms. The summed E-state index contributed by atoms with van der Waals surface area (Å²) in [5.74, 6) is -0.0350. The van der Waals surface area contributed by atoms with Gasteiger partial charge in [0.05, 0.1) is 0 Å². The van der Waals surface area contributed by atoms with Crippen LogP contribution in [0.1, 0.15) is 0 Å². The van der Waals surface area contributed by atoms with Gasteiger partial charge in [0.2, 0.25) is 0 Å². The number of aromatic nitrogens is 3. The Bertz CT molecular complexity index is 295. The van der Waals surface area contributed by atoms with Gasteiger partial charge in [0.25, 0.3) is 0 Å². The van der Waals surface area contributed by atoms with Gasteiger partial charge in [-0.3, -0.25) is 0 Å². The van der Waals surface area contributed by atoms with Crippen molar-refractivity contribution in [2.75, 3.05) is 5.32 Å². The van der Waals surface area contributed by atoms with Crippen LogP contribution in [-0.4, -0.2) is 27.7 Å². The Hall–Kier alpha value is 1.11. The van der Waals surface area contributed by atoms with Crippen molar-refractivity contribution >= 4 is 56.3 Å². The van der Waals surface area contributed by atoms with Crippen LogP contribution in [0.2, 0.25) is 0 Å². The summed E-state index contributed by atoms with van der Waals surface area (Å²) < 4.78 is 1.44. The molecule has 14 heavy (non-hydrogen) atoms. The van der Waals surface area contributed by atoms with Gasteiger partial charge in [-0.05, 0) is 0 Å². The molecule has 1 aromatic rings. The van der Waals surface area contributed by atoms with Crippen molar-refractivity contribution in [3.8, 4) is 0 Å². The van der Waals surface area contributed by atoms with E-state index in [1.165, 1.54) is 11.9 Å². The van der Waals surface area contributed by atoms with Crippen LogP contribution in [0.15, 0.2) is 6.58 Å². The first-order valence-corrected chi connectivity index (χ1v) is 9.35. The van der Waals surface area contributed by atoms with E-state index >= 15 is 0 Å². The Morgan fingerprint density at radius 2 is 2.29 bits per heavy atom. The van der Waals surface area contributed by atoms with Gasteiger partial charge >= 0.3 is 63.4 Å². The fraction of sp³-hybridized carbons (Fsp3) is 0.200. The van der Waals surface area contributed by atoms with E-state index in [2.05, 4.69) is 65.1 Å².